The van der Waals surface area contributed by atoms with Gasteiger partial charge in [0.05, 0.1) is 16.7 Å². The molecular weight excluding hydrogens is 424 g/mol. The number of hydrogen-bond acceptors (Lipinski definition) is 4. The van der Waals surface area contributed by atoms with Gasteiger partial charge in [-0.2, -0.15) is 4.31 Å². The third-order valence-electron chi connectivity index (χ3n) is 6.15. The SMILES string of the molecule is O=C(NC[C@@H]1CCCCN1S(=O)(=O)c1cccc2ccccc12)c1cccc2occc12. The van der Waals surface area contributed by atoms with E-state index in [1.807, 2.05) is 36.4 Å². The molecule has 1 aliphatic heterocycles. The summed E-state index contributed by atoms with van der Waals surface area (Å²) in [6.45, 7) is 0.709. The van der Waals surface area contributed by atoms with E-state index in [0.29, 0.717) is 29.0 Å². The predicted octanol–water partition coefficient (Wildman–Crippen LogP) is 4.56. The van der Waals surface area contributed by atoms with Crippen molar-refractivity contribution in [3.8, 4) is 0 Å². The molecule has 1 atom stereocenters. The molecular formula is C25H24N2O4S. The molecule has 4 aromatic rings. The number of nitrogens with one attached hydrogen (secondary N) is 1. The zero-order valence-electron chi connectivity index (χ0n) is 17.5. The van der Waals surface area contributed by atoms with Crippen molar-refractivity contribution in [3.05, 3.63) is 78.6 Å². The molecule has 0 radical (unpaired) electrons. The molecule has 1 amide bonds. The number of amides is 1. The van der Waals surface area contributed by atoms with E-state index in [2.05, 4.69) is 5.32 Å². The monoisotopic (exact) mass is 448 g/mol. The number of carbonyl (C=O) groups is 1. The summed E-state index contributed by atoms with van der Waals surface area (Å²) in [5.74, 6) is -0.231. The number of rotatable bonds is 5. The Hall–Kier alpha value is -3.16. The van der Waals surface area contributed by atoms with Crippen molar-refractivity contribution < 1.29 is 17.6 Å². The molecule has 1 saturated heterocycles. The van der Waals surface area contributed by atoms with Crippen molar-refractivity contribution in [2.45, 2.75) is 30.2 Å². The van der Waals surface area contributed by atoms with Crippen LogP contribution >= 0.6 is 0 Å². The van der Waals surface area contributed by atoms with Crippen LogP contribution in [0, 0.1) is 0 Å². The van der Waals surface area contributed by atoms with Crippen molar-refractivity contribution in [2.24, 2.45) is 0 Å². The number of benzene rings is 3. The minimum atomic E-state index is -3.71. The van der Waals surface area contributed by atoms with E-state index < -0.39 is 10.0 Å². The number of fused-ring (bicyclic) bond motifs is 2. The zero-order chi connectivity index (χ0) is 22.1. The smallest absolute Gasteiger partial charge is 0.252 e. The summed E-state index contributed by atoms with van der Waals surface area (Å²) >= 11 is 0. The largest absolute Gasteiger partial charge is 0.464 e. The molecule has 32 heavy (non-hydrogen) atoms. The van der Waals surface area contributed by atoms with Crippen molar-refractivity contribution in [2.75, 3.05) is 13.1 Å². The average Bonchev–Trinajstić information content (AvgIpc) is 3.31. The summed E-state index contributed by atoms with van der Waals surface area (Å²) < 4.78 is 34.3. The van der Waals surface area contributed by atoms with E-state index in [0.717, 1.165) is 29.0 Å². The van der Waals surface area contributed by atoms with E-state index in [1.165, 1.54) is 0 Å². The van der Waals surface area contributed by atoms with E-state index in [9.17, 15) is 13.2 Å². The first kappa shape index (κ1) is 20.7. The third-order valence-corrected chi connectivity index (χ3v) is 8.16. The van der Waals surface area contributed by atoms with Gasteiger partial charge in [-0.3, -0.25) is 4.79 Å². The maximum Gasteiger partial charge on any atom is 0.252 e. The molecule has 0 aliphatic carbocycles. The molecule has 1 fully saturated rings. The summed E-state index contributed by atoms with van der Waals surface area (Å²) in [4.78, 5) is 13.2. The van der Waals surface area contributed by atoms with Crippen molar-refractivity contribution in [3.63, 3.8) is 0 Å². The van der Waals surface area contributed by atoms with Crippen LogP contribution in [0.4, 0.5) is 0 Å². The topological polar surface area (TPSA) is 79.6 Å². The Morgan fingerprint density at radius 1 is 0.969 bits per heavy atom. The van der Waals surface area contributed by atoms with Crippen LogP contribution in [0.3, 0.4) is 0 Å². The highest BCUT2D eigenvalue weighted by Crippen LogP contribution is 2.30. The first-order chi connectivity index (χ1) is 15.6. The van der Waals surface area contributed by atoms with Crippen LogP contribution in [0.2, 0.25) is 0 Å². The molecule has 0 bridgehead atoms. The molecule has 1 N–H and O–H groups in total. The van der Waals surface area contributed by atoms with Crippen LogP contribution in [0.1, 0.15) is 29.6 Å². The Kier molecular flexibility index (Phi) is 5.45. The molecule has 7 heteroatoms. The van der Waals surface area contributed by atoms with Crippen LogP contribution < -0.4 is 5.32 Å². The van der Waals surface area contributed by atoms with Crippen LogP contribution in [0.15, 0.2) is 82.3 Å². The van der Waals surface area contributed by atoms with Gasteiger partial charge >= 0.3 is 0 Å². The van der Waals surface area contributed by atoms with E-state index in [-0.39, 0.29) is 18.5 Å². The van der Waals surface area contributed by atoms with Gasteiger partial charge in [-0.05, 0) is 42.5 Å². The Labute approximate surface area is 186 Å². The standard InChI is InChI=1S/C25H24N2O4S/c28-25(22-11-6-12-23-21(22)14-16-31-23)26-17-19-9-3-4-15-27(19)32(29,30)24-13-5-8-18-7-1-2-10-20(18)24/h1-2,5-8,10-14,16,19H,3-4,9,15,17H2,(H,26,28)/t19-/m0/s1. The van der Waals surface area contributed by atoms with Crippen molar-refractivity contribution in [1.82, 2.24) is 9.62 Å². The quantitative estimate of drug-likeness (QED) is 0.485. The van der Waals surface area contributed by atoms with E-state index in [4.69, 9.17) is 4.42 Å². The Morgan fingerprint density at radius 3 is 2.69 bits per heavy atom. The van der Waals surface area contributed by atoms with Crippen LogP contribution in [-0.2, 0) is 10.0 Å². The maximum absolute atomic E-state index is 13.7. The molecule has 5 rings (SSSR count). The molecule has 1 aromatic heterocycles. The van der Waals surface area contributed by atoms with Gasteiger partial charge in [-0.1, -0.05) is 48.9 Å². The first-order valence-corrected chi connectivity index (χ1v) is 12.2. The molecule has 6 nitrogen and oxygen atoms in total. The van der Waals surface area contributed by atoms with Crippen LogP contribution in [0.5, 0.6) is 0 Å². The number of piperidine rings is 1. The summed E-state index contributed by atoms with van der Waals surface area (Å²) in [7, 11) is -3.71. The second kappa shape index (κ2) is 8.41. The minimum Gasteiger partial charge on any atom is -0.464 e. The molecule has 0 spiro atoms. The van der Waals surface area contributed by atoms with E-state index in [1.54, 1.807) is 40.9 Å². The lowest BCUT2D eigenvalue weighted by molar-refractivity contribution is 0.0941. The van der Waals surface area contributed by atoms with Gasteiger partial charge in [0.15, 0.2) is 0 Å². The van der Waals surface area contributed by atoms with Gasteiger partial charge in [0.1, 0.15) is 5.58 Å². The molecule has 3 aromatic carbocycles. The first-order valence-electron chi connectivity index (χ1n) is 10.8. The average molecular weight is 449 g/mol. The fourth-order valence-electron chi connectivity index (χ4n) is 4.54. The Morgan fingerprint density at radius 2 is 1.78 bits per heavy atom. The van der Waals surface area contributed by atoms with Crippen LogP contribution in [0.25, 0.3) is 21.7 Å². The van der Waals surface area contributed by atoms with Gasteiger partial charge in [0, 0.05) is 29.9 Å². The molecule has 0 unspecified atom stereocenters. The number of carbonyl (C=O) groups excluding carboxylic acids is 1. The summed E-state index contributed by atoms with van der Waals surface area (Å²) in [6.07, 6.45) is 4.00. The second-order valence-electron chi connectivity index (χ2n) is 8.09. The summed E-state index contributed by atoms with van der Waals surface area (Å²) in [5, 5.41) is 5.31. The number of sulfonamides is 1. The fraction of sp³-hybridized carbons (Fsp3) is 0.240. The summed E-state index contributed by atoms with van der Waals surface area (Å²) in [5.41, 5.74) is 1.17. The lowest BCUT2D eigenvalue weighted by Gasteiger charge is -2.35. The number of furan rings is 1. The molecule has 0 saturated carbocycles. The summed E-state index contributed by atoms with van der Waals surface area (Å²) in [6, 6.07) is 19.7. The lowest BCUT2D eigenvalue weighted by atomic mass is 10.0. The number of nitrogens with zero attached hydrogens (tertiary/aromatic N) is 1. The Bertz CT molecular complexity index is 1390. The van der Waals surface area contributed by atoms with Gasteiger partial charge in [0.2, 0.25) is 10.0 Å². The van der Waals surface area contributed by atoms with E-state index >= 15 is 0 Å². The number of hydrogen-bond donors (Lipinski definition) is 1. The highest BCUT2D eigenvalue weighted by atomic mass is 32.2. The van der Waals surface area contributed by atoms with Crippen molar-refractivity contribution in [1.29, 1.82) is 0 Å². The Balaban J connectivity index is 1.40. The zero-order valence-corrected chi connectivity index (χ0v) is 18.3. The van der Waals surface area contributed by atoms with Crippen molar-refractivity contribution >= 4 is 37.7 Å². The van der Waals surface area contributed by atoms with Gasteiger partial charge in [0.25, 0.3) is 5.91 Å². The highest BCUT2D eigenvalue weighted by molar-refractivity contribution is 7.89. The molecule has 1 aliphatic rings. The lowest BCUT2D eigenvalue weighted by Crippen LogP contribution is -2.49. The highest BCUT2D eigenvalue weighted by Gasteiger charge is 2.34. The van der Waals surface area contributed by atoms with Gasteiger partial charge in [-0.15, -0.1) is 0 Å². The van der Waals surface area contributed by atoms with Gasteiger partial charge < -0.3 is 9.73 Å². The normalized spacial score (nSPS) is 17.6. The van der Waals surface area contributed by atoms with Crippen LogP contribution in [-0.4, -0.2) is 37.8 Å². The predicted molar refractivity (Wildman–Crippen MR) is 124 cm³/mol. The third kappa shape index (κ3) is 3.67. The maximum atomic E-state index is 13.7. The second-order valence-corrected chi connectivity index (χ2v) is 9.95. The molecule has 164 valence electrons. The molecule has 2 heterocycles. The minimum absolute atomic E-state index is 0.231. The fourth-order valence-corrected chi connectivity index (χ4v) is 6.45. The van der Waals surface area contributed by atoms with Gasteiger partial charge in [-0.25, -0.2) is 8.42 Å².